The Morgan fingerprint density at radius 3 is 2.31 bits per heavy atom. The SMILES string of the molecule is C=C1C[C@@H](OC(=O)c2cc([N+](=O)[O-])cc([N+](=O)[O-])c2)C(C)(C)CC2=C(C)CC[C@H]12. The number of nitrogens with zero attached hydrogens (tertiary/aromatic N) is 2. The number of nitro benzene ring substituents is 2. The highest BCUT2D eigenvalue weighted by molar-refractivity contribution is 5.91. The molecule has 0 unspecified atom stereocenters. The lowest BCUT2D eigenvalue weighted by molar-refractivity contribution is -0.394. The quantitative estimate of drug-likeness (QED) is 0.300. The summed E-state index contributed by atoms with van der Waals surface area (Å²) in [5.74, 6) is -0.502. The van der Waals surface area contributed by atoms with Crippen LogP contribution in [0.3, 0.4) is 0 Å². The van der Waals surface area contributed by atoms with Crippen molar-refractivity contribution < 1.29 is 19.4 Å². The molecule has 0 spiro atoms. The van der Waals surface area contributed by atoms with Crippen molar-refractivity contribution in [3.63, 3.8) is 0 Å². The van der Waals surface area contributed by atoms with Gasteiger partial charge in [0, 0.05) is 29.9 Å². The molecule has 154 valence electrons. The van der Waals surface area contributed by atoms with Crippen LogP contribution in [0.25, 0.3) is 0 Å². The Bertz CT molecular complexity index is 914. The molecule has 2 aliphatic rings. The van der Waals surface area contributed by atoms with Crippen molar-refractivity contribution in [1.29, 1.82) is 0 Å². The molecule has 0 aromatic heterocycles. The highest BCUT2D eigenvalue weighted by Crippen LogP contribution is 2.49. The minimum absolute atomic E-state index is 0.202. The third-order valence-corrected chi connectivity index (χ3v) is 6.04. The zero-order valence-electron chi connectivity index (χ0n) is 16.8. The first kappa shape index (κ1) is 20.7. The van der Waals surface area contributed by atoms with E-state index in [2.05, 4.69) is 13.5 Å². The van der Waals surface area contributed by atoms with Crippen molar-refractivity contribution in [1.82, 2.24) is 0 Å². The monoisotopic (exact) mass is 400 g/mol. The Hall–Kier alpha value is -3.03. The number of hydrogen-bond donors (Lipinski definition) is 0. The van der Waals surface area contributed by atoms with Crippen LogP contribution in [0, 0.1) is 31.6 Å². The summed E-state index contributed by atoms with van der Waals surface area (Å²) < 4.78 is 5.75. The van der Waals surface area contributed by atoms with Crippen LogP contribution in [-0.2, 0) is 4.74 Å². The average Bonchev–Trinajstić information content (AvgIpc) is 2.96. The van der Waals surface area contributed by atoms with Gasteiger partial charge in [-0.05, 0) is 26.2 Å². The molecule has 0 saturated heterocycles. The van der Waals surface area contributed by atoms with E-state index in [1.165, 1.54) is 11.1 Å². The van der Waals surface area contributed by atoms with Gasteiger partial charge in [0.05, 0.1) is 21.5 Å². The molecule has 1 saturated carbocycles. The Labute approximate surface area is 168 Å². The smallest absolute Gasteiger partial charge is 0.338 e. The van der Waals surface area contributed by atoms with E-state index in [1.807, 2.05) is 13.8 Å². The summed E-state index contributed by atoms with van der Waals surface area (Å²) in [5.41, 5.74) is 2.14. The first-order chi connectivity index (χ1) is 13.5. The van der Waals surface area contributed by atoms with Gasteiger partial charge in [-0.1, -0.05) is 37.1 Å². The van der Waals surface area contributed by atoms with E-state index < -0.39 is 33.3 Å². The first-order valence-electron chi connectivity index (χ1n) is 9.50. The number of carbonyl (C=O) groups excluding carboxylic acids is 1. The number of esters is 1. The van der Waals surface area contributed by atoms with Gasteiger partial charge in [0.15, 0.2) is 0 Å². The summed E-state index contributed by atoms with van der Waals surface area (Å²) in [4.78, 5) is 33.4. The Morgan fingerprint density at radius 1 is 1.17 bits per heavy atom. The molecule has 8 heteroatoms. The lowest BCUT2D eigenvalue weighted by Crippen LogP contribution is -2.33. The summed E-state index contributed by atoms with van der Waals surface area (Å²) in [5, 5.41) is 22.2. The Kier molecular flexibility index (Phi) is 5.30. The second kappa shape index (κ2) is 7.42. The normalized spacial score (nSPS) is 23.3. The first-order valence-corrected chi connectivity index (χ1v) is 9.50. The van der Waals surface area contributed by atoms with E-state index in [1.54, 1.807) is 0 Å². The average molecular weight is 400 g/mol. The van der Waals surface area contributed by atoms with E-state index in [-0.39, 0.29) is 11.0 Å². The lowest BCUT2D eigenvalue weighted by Gasteiger charge is -2.32. The van der Waals surface area contributed by atoms with Crippen LogP contribution in [0.4, 0.5) is 11.4 Å². The van der Waals surface area contributed by atoms with E-state index in [9.17, 15) is 25.0 Å². The van der Waals surface area contributed by atoms with Gasteiger partial charge in [0.2, 0.25) is 0 Å². The summed E-state index contributed by atoms with van der Waals surface area (Å²) in [6.45, 7) is 10.4. The third kappa shape index (κ3) is 4.06. The molecule has 1 fully saturated rings. The zero-order valence-corrected chi connectivity index (χ0v) is 16.8. The summed E-state index contributed by atoms with van der Waals surface area (Å²) in [6, 6.07) is 2.84. The largest absolute Gasteiger partial charge is 0.458 e. The van der Waals surface area contributed by atoms with Gasteiger partial charge >= 0.3 is 5.97 Å². The summed E-state index contributed by atoms with van der Waals surface area (Å²) >= 11 is 0. The molecule has 0 bridgehead atoms. The molecule has 2 atom stereocenters. The van der Waals surface area contributed by atoms with Gasteiger partial charge in [-0.3, -0.25) is 20.2 Å². The van der Waals surface area contributed by atoms with E-state index in [0.29, 0.717) is 12.3 Å². The molecule has 0 heterocycles. The molecule has 0 N–H and O–H groups in total. The number of non-ortho nitro benzene ring substituents is 2. The fraction of sp³-hybridized carbons (Fsp3) is 0.476. The number of allylic oxidation sites excluding steroid dienone is 2. The number of hydrogen-bond acceptors (Lipinski definition) is 6. The minimum Gasteiger partial charge on any atom is -0.458 e. The van der Waals surface area contributed by atoms with Crippen LogP contribution in [0.2, 0.25) is 0 Å². The van der Waals surface area contributed by atoms with Crippen molar-refractivity contribution in [2.45, 2.75) is 52.6 Å². The van der Waals surface area contributed by atoms with Crippen LogP contribution in [0.1, 0.15) is 56.8 Å². The second-order valence-corrected chi connectivity index (χ2v) is 8.57. The van der Waals surface area contributed by atoms with Crippen LogP contribution in [0.15, 0.2) is 41.5 Å². The van der Waals surface area contributed by atoms with Crippen molar-refractivity contribution in [3.8, 4) is 0 Å². The topological polar surface area (TPSA) is 113 Å². The van der Waals surface area contributed by atoms with Gasteiger partial charge in [0.1, 0.15) is 6.10 Å². The van der Waals surface area contributed by atoms with Crippen LogP contribution in [-0.4, -0.2) is 21.9 Å². The predicted molar refractivity (Wildman–Crippen MR) is 107 cm³/mol. The van der Waals surface area contributed by atoms with E-state index in [4.69, 9.17) is 4.74 Å². The maximum absolute atomic E-state index is 12.8. The second-order valence-electron chi connectivity index (χ2n) is 8.57. The number of rotatable bonds is 4. The lowest BCUT2D eigenvalue weighted by atomic mass is 9.80. The summed E-state index contributed by atoms with van der Waals surface area (Å²) in [6.07, 6.45) is 2.86. The number of fused-ring (bicyclic) bond motifs is 1. The number of nitro groups is 2. The van der Waals surface area contributed by atoms with Crippen molar-refractivity contribution in [2.75, 3.05) is 0 Å². The van der Waals surface area contributed by atoms with Crippen LogP contribution >= 0.6 is 0 Å². The number of carbonyl (C=O) groups is 1. The van der Waals surface area contributed by atoms with Crippen LogP contribution in [0.5, 0.6) is 0 Å². The molecule has 0 amide bonds. The van der Waals surface area contributed by atoms with Crippen LogP contribution < -0.4 is 0 Å². The predicted octanol–water partition coefficient (Wildman–Crippen LogP) is 5.13. The maximum atomic E-state index is 12.8. The highest BCUT2D eigenvalue weighted by atomic mass is 16.6. The van der Waals surface area contributed by atoms with Crippen molar-refractivity contribution >= 4 is 17.3 Å². The molecule has 3 rings (SSSR count). The molecule has 8 nitrogen and oxygen atoms in total. The summed E-state index contributed by atoms with van der Waals surface area (Å²) in [7, 11) is 0. The molecule has 29 heavy (non-hydrogen) atoms. The van der Waals surface area contributed by atoms with Crippen molar-refractivity contribution in [2.24, 2.45) is 11.3 Å². The van der Waals surface area contributed by atoms with Gasteiger partial charge in [-0.25, -0.2) is 4.79 Å². The van der Waals surface area contributed by atoms with Gasteiger partial charge < -0.3 is 4.74 Å². The fourth-order valence-electron chi connectivity index (χ4n) is 4.30. The highest BCUT2D eigenvalue weighted by Gasteiger charge is 2.42. The molecule has 2 aliphatic carbocycles. The molecule has 0 aliphatic heterocycles. The third-order valence-electron chi connectivity index (χ3n) is 6.04. The van der Waals surface area contributed by atoms with E-state index >= 15 is 0 Å². The van der Waals surface area contributed by atoms with Gasteiger partial charge in [-0.2, -0.15) is 0 Å². The molecular weight excluding hydrogens is 376 g/mol. The fourth-order valence-corrected chi connectivity index (χ4v) is 4.30. The number of benzene rings is 1. The Morgan fingerprint density at radius 2 is 1.76 bits per heavy atom. The molecule has 1 aromatic rings. The van der Waals surface area contributed by atoms with Gasteiger partial charge in [-0.15, -0.1) is 0 Å². The standard InChI is InChI=1S/C21H24N2O6/c1-12-5-6-17-13(2)7-19(21(3,4)11-18(12)17)29-20(24)14-8-15(22(25)26)10-16(9-14)23(27)28/h8-10,17,19H,2,5-7,11H2,1,3-4H3/t17-,19-/m1/s1. The molecule has 0 radical (unpaired) electrons. The number of ether oxygens (including phenoxy) is 1. The van der Waals surface area contributed by atoms with Gasteiger partial charge in [0.25, 0.3) is 11.4 Å². The maximum Gasteiger partial charge on any atom is 0.338 e. The molecule has 1 aromatic carbocycles. The Balaban J connectivity index is 1.90. The minimum atomic E-state index is -0.805. The van der Waals surface area contributed by atoms with E-state index in [0.717, 1.165) is 43.0 Å². The molecular formula is C21H24N2O6. The van der Waals surface area contributed by atoms with Crippen molar-refractivity contribution in [3.05, 3.63) is 67.3 Å². The zero-order chi connectivity index (χ0) is 21.5.